The number of hydrogen-bond donors (Lipinski definition) is 1. The Labute approximate surface area is 178 Å². The fourth-order valence-electron chi connectivity index (χ4n) is 4.03. The second-order valence-corrected chi connectivity index (χ2v) is 7.92. The molecule has 0 unspecified atom stereocenters. The highest BCUT2D eigenvalue weighted by molar-refractivity contribution is 5.99. The van der Waals surface area contributed by atoms with Crippen LogP contribution in [-0.4, -0.2) is 35.5 Å². The summed E-state index contributed by atoms with van der Waals surface area (Å²) in [6, 6.07) is 16.1. The van der Waals surface area contributed by atoms with Gasteiger partial charge in [-0.25, -0.2) is 4.79 Å². The zero-order valence-corrected chi connectivity index (χ0v) is 17.8. The van der Waals surface area contributed by atoms with Crippen molar-refractivity contribution < 1.29 is 9.53 Å². The predicted molar refractivity (Wildman–Crippen MR) is 121 cm³/mol. The average Bonchev–Trinajstić information content (AvgIpc) is 2.76. The zero-order chi connectivity index (χ0) is 20.9. The molecule has 1 aliphatic heterocycles. The van der Waals surface area contributed by atoms with Gasteiger partial charge in [-0.15, -0.1) is 0 Å². The highest BCUT2D eigenvalue weighted by Crippen LogP contribution is 2.28. The lowest BCUT2D eigenvalue weighted by Gasteiger charge is -2.26. The molecular weight excluding hydrogens is 374 g/mol. The number of carbonyl (C=O) groups is 1. The number of esters is 1. The third-order valence-electron chi connectivity index (χ3n) is 5.54. The van der Waals surface area contributed by atoms with E-state index in [0.717, 1.165) is 34.5 Å². The van der Waals surface area contributed by atoms with Crippen LogP contribution >= 0.6 is 0 Å². The van der Waals surface area contributed by atoms with Gasteiger partial charge in [0.25, 0.3) is 0 Å². The number of nitrogens with zero attached hydrogens (tertiary/aromatic N) is 2. The topological polar surface area (TPSA) is 54.5 Å². The van der Waals surface area contributed by atoms with E-state index in [9.17, 15) is 4.79 Å². The van der Waals surface area contributed by atoms with E-state index in [0.29, 0.717) is 12.2 Å². The minimum atomic E-state index is -0.312. The van der Waals surface area contributed by atoms with Gasteiger partial charge in [-0.2, -0.15) is 0 Å². The van der Waals surface area contributed by atoms with Crippen molar-refractivity contribution in [2.24, 2.45) is 0 Å². The Morgan fingerprint density at radius 3 is 2.57 bits per heavy atom. The zero-order valence-electron chi connectivity index (χ0n) is 17.8. The Bertz CT molecular complexity index is 1020. The van der Waals surface area contributed by atoms with Crippen LogP contribution in [0.4, 0.5) is 11.4 Å². The normalized spacial score (nSPS) is 14.6. The molecule has 0 spiro atoms. The summed E-state index contributed by atoms with van der Waals surface area (Å²) in [4.78, 5) is 19.3. The van der Waals surface area contributed by atoms with Crippen LogP contribution in [0.15, 0.2) is 48.5 Å². The molecule has 0 atom stereocenters. The lowest BCUT2D eigenvalue weighted by atomic mass is 10.1. The minimum Gasteiger partial charge on any atom is -0.462 e. The second kappa shape index (κ2) is 9.26. The fourth-order valence-corrected chi connectivity index (χ4v) is 4.03. The van der Waals surface area contributed by atoms with Gasteiger partial charge in [-0.3, -0.25) is 9.88 Å². The largest absolute Gasteiger partial charge is 0.462 e. The average molecular weight is 404 g/mol. The van der Waals surface area contributed by atoms with E-state index >= 15 is 0 Å². The number of rotatable bonds is 6. The quantitative estimate of drug-likeness (QED) is 0.555. The highest BCUT2D eigenvalue weighted by Gasteiger charge is 2.12. The van der Waals surface area contributed by atoms with E-state index in [-0.39, 0.29) is 5.97 Å². The lowest BCUT2D eigenvalue weighted by molar-refractivity contribution is 0.0526. The molecule has 2 heterocycles. The molecule has 0 amide bonds. The summed E-state index contributed by atoms with van der Waals surface area (Å²) in [6.45, 7) is 7.56. The number of ether oxygens (including phenoxy) is 1. The molecule has 30 heavy (non-hydrogen) atoms. The third-order valence-corrected chi connectivity index (χ3v) is 5.54. The van der Waals surface area contributed by atoms with Crippen molar-refractivity contribution >= 4 is 28.2 Å². The Morgan fingerprint density at radius 2 is 1.83 bits per heavy atom. The number of hydrogen-bond acceptors (Lipinski definition) is 5. The molecule has 0 bridgehead atoms. The van der Waals surface area contributed by atoms with Gasteiger partial charge in [0.15, 0.2) is 0 Å². The Morgan fingerprint density at radius 1 is 1.07 bits per heavy atom. The molecular formula is C25H29N3O2. The summed E-state index contributed by atoms with van der Waals surface area (Å²) < 4.78 is 5.15. The summed E-state index contributed by atoms with van der Waals surface area (Å²) >= 11 is 0. The first-order valence-electron chi connectivity index (χ1n) is 10.8. The predicted octanol–water partition coefficient (Wildman–Crippen LogP) is 5.45. The number of benzene rings is 2. The van der Waals surface area contributed by atoms with Crippen molar-refractivity contribution in [2.45, 2.75) is 39.7 Å². The Hall–Kier alpha value is -2.92. The van der Waals surface area contributed by atoms with Gasteiger partial charge in [-0.1, -0.05) is 18.6 Å². The summed E-state index contributed by atoms with van der Waals surface area (Å²) in [5.41, 5.74) is 5.61. The molecule has 5 heteroatoms. The molecule has 0 saturated carbocycles. The monoisotopic (exact) mass is 403 g/mol. The van der Waals surface area contributed by atoms with Crippen molar-refractivity contribution in [3.63, 3.8) is 0 Å². The number of carbonyl (C=O) groups excluding carboxylic acids is 1. The molecule has 0 aliphatic carbocycles. The summed E-state index contributed by atoms with van der Waals surface area (Å²) in [5.74, 6) is -0.312. The van der Waals surface area contributed by atoms with Crippen LogP contribution in [-0.2, 0) is 11.3 Å². The number of likely N-dealkylation sites (tertiary alicyclic amines) is 1. The molecule has 1 aliphatic rings. The van der Waals surface area contributed by atoms with Crippen molar-refractivity contribution in [3.05, 3.63) is 65.4 Å². The highest BCUT2D eigenvalue weighted by atomic mass is 16.5. The first-order chi connectivity index (χ1) is 14.6. The SMILES string of the molecule is CCOC(=O)c1ccc2nc(C)cc(Nc3ccc(CN4CCCCC4)cc3)c2c1. The van der Waals surface area contributed by atoms with Crippen LogP contribution < -0.4 is 5.32 Å². The van der Waals surface area contributed by atoms with Crippen molar-refractivity contribution in [2.75, 3.05) is 25.0 Å². The van der Waals surface area contributed by atoms with Gasteiger partial charge >= 0.3 is 5.97 Å². The number of aromatic nitrogens is 1. The maximum atomic E-state index is 12.2. The molecule has 156 valence electrons. The van der Waals surface area contributed by atoms with Gasteiger partial charge in [-0.05, 0) is 81.7 Å². The third kappa shape index (κ3) is 4.79. The first-order valence-corrected chi connectivity index (χ1v) is 10.8. The standard InChI is InChI=1S/C25H29N3O2/c1-3-30-25(29)20-9-12-23-22(16-20)24(15-18(2)26-23)27-21-10-7-19(8-11-21)17-28-13-5-4-6-14-28/h7-12,15-16H,3-6,13-14,17H2,1-2H3,(H,26,27). The number of aryl methyl sites for hydroxylation is 1. The van der Waals surface area contributed by atoms with E-state index < -0.39 is 0 Å². The molecule has 1 saturated heterocycles. The molecule has 1 aromatic heterocycles. The first kappa shape index (κ1) is 20.4. The molecule has 3 aromatic rings. The van der Waals surface area contributed by atoms with E-state index in [2.05, 4.69) is 39.5 Å². The van der Waals surface area contributed by atoms with Crippen molar-refractivity contribution in [1.82, 2.24) is 9.88 Å². The minimum absolute atomic E-state index is 0.312. The van der Waals surface area contributed by atoms with Gasteiger partial charge in [0.2, 0.25) is 0 Å². The Kier molecular flexibility index (Phi) is 6.29. The summed E-state index contributed by atoms with van der Waals surface area (Å²) in [7, 11) is 0. The second-order valence-electron chi connectivity index (χ2n) is 7.92. The number of anilines is 2. The van der Waals surface area contributed by atoms with Gasteiger partial charge < -0.3 is 10.1 Å². The smallest absolute Gasteiger partial charge is 0.338 e. The van der Waals surface area contributed by atoms with Gasteiger partial charge in [0, 0.05) is 29.0 Å². The molecule has 1 fully saturated rings. The Balaban J connectivity index is 1.56. The van der Waals surface area contributed by atoms with Gasteiger partial charge in [0.1, 0.15) is 0 Å². The van der Waals surface area contributed by atoms with Crippen LogP contribution in [0, 0.1) is 6.92 Å². The van der Waals surface area contributed by atoms with E-state index in [1.54, 1.807) is 6.07 Å². The number of fused-ring (bicyclic) bond motifs is 1. The molecule has 1 N–H and O–H groups in total. The van der Waals surface area contributed by atoms with Crippen LogP contribution in [0.25, 0.3) is 10.9 Å². The summed E-state index contributed by atoms with van der Waals surface area (Å²) in [5, 5.41) is 4.42. The van der Waals surface area contributed by atoms with Crippen molar-refractivity contribution in [3.8, 4) is 0 Å². The number of pyridine rings is 1. The van der Waals surface area contributed by atoms with E-state index in [1.807, 2.05) is 32.0 Å². The molecule has 4 rings (SSSR count). The summed E-state index contributed by atoms with van der Waals surface area (Å²) in [6.07, 6.45) is 3.97. The number of piperidine rings is 1. The van der Waals surface area contributed by atoms with Crippen molar-refractivity contribution in [1.29, 1.82) is 0 Å². The molecule has 5 nitrogen and oxygen atoms in total. The lowest BCUT2D eigenvalue weighted by Crippen LogP contribution is -2.29. The van der Waals surface area contributed by atoms with Gasteiger partial charge in [0.05, 0.1) is 17.7 Å². The number of nitrogens with one attached hydrogen (secondary N) is 1. The molecule has 2 aromatic carbocycles. The van der Waals surface area contributed by atoms with E-state index in [1.165, 1.54) is 37.9 Å². The van der Waals surface area contributed by atoms with Crippen LogP contribution in [0.3, 0.4) is 0 Å². The van der Waals surface area contributed by atoms with E-state index in [4.69, 9.17) is 4.74 Å². The van der Waals surface area contributed by atoms with Crippen LogP contribution in [0.2, 0.25) is 0 Å². The van der Waals surface area contributed by atoms with Crippen LogP contribution in [0.5, 0.6) is 0 Å². The fraction of sp³-hybridized carbons (Fsp3) is 0.360. The maximum Gasteiger partial charge on any atom is 0.338 e. The molecule has 0 radical (unpaired) electrons. The maximum absolute atomic E-state index is 12.2. The van der Waals surface area contributed by atoms with Crippen LogP contribution in [0.1, 0.15) is 47.8 Å².